The maximum absolute atomic E-state index is 14.5. The molecule has 6 rings (SSSR count). The largest absolute Gasteiger partial charge is 0.352 e. The van der Waals surface area contributed by atoms with Gasteiger partial charge in [-0.05, 0) is 48.0 Å². The summed E-state index contributed by atoms with van der Waals surface area (Å²) in [4.78, 5) is 16.0. The van der Waals surface area contributed by atoms with Crippen molar-refractivity contribution in [1.29, 1.82) is 0 Å². The molecule has 0 aliphatic carbocycles. The molecule has 1 fully saturated rings. The number of rotatable bonds is 4. The molecule has 3 aromatic heterocycles. The molecule has 0 bridgehead atoms. The average Bonchev–Trinajstić information content (AvgIpc) is 3.33. The summed E-state index contributed by atoms with van der Waals surface area (Å²) in [6.07, 6.45) is 7.16. The van der Waals surface area contributed by atoms with Gasteiger partial charge in [-0.1, -0.05) is 6.07 Å². The molecule has 0 unspecified atom stereocenters. The number of anilines is 1. The highest BCUT2D eigenvalue weighted by molar-refractivity contribution is 5.94. The Morgan fingerprint density at radius 1 is 0.879 bits per heavy atom. The van der Waals surface area contributed by atoms with E-state index in [4.69, 9.17) is 9.97 Å². The number of hydrogen-bond acceptors (Lipinski definition) is 5. The van der Waals surface area contributed by atoms with Crippen molar-refractivity contribution in [2.45, 2.75) is 6.04 Å². The molecule has 1 aliphatic rings. The Kier molecular flexibility index (Phi) is 4.57. The SMILES string of the molecule is Fc1ccc(-c2ccc3nc(-c4cccnc4)nc(N4CC(n5cccn5)C4)c3c2)c(F)c1. The molecule has 1 saturated heterocycles. The summed E-state index contributed by atoms with van der Waals surface area (Å²) in [6, 6.07) is 15.1. The number of aromatic nitrogens is 5. The molecule has 0 atom stereocenters. The molecule has 6 nitrogen and oxygen atoms in total. The molecule has 1 aliphatic heterocycles. The van der Waals surface area contributed by atoms with Crippen LogP contribution in [-0.4, -0.2) is 37.8 Å². The van der Waals surface area contributed by atoms with E-state index < -0.39 is 11.6 Å². The first-order chi connectivity index (χ1) is 16.2. The van der Waals surface area contributed by atoms with E-state index in [0.29, 0.717) is 17.0 Å². The minimum atomic E-state index is -0.605. The fraction of sp³-hybridized carbons (Fsp3) is 0.120. The monoisotopic (exact) mass is 440 g/mol. The van der Waals surface area contributed by atoms with Crippen LogP contribution >= 0.6 is 0 Å². The lowest BCUT2D eigenvalue weighted by Crippen LogP contribution is -2.48. The van der Waals surface area contributed by atoms with Crippen LogP contribution in [0.25, 0.3) is 33.4 Å². The highest BCUT2D eigenvalue weighted by atomic mass is 19.1. The van der Waals surface area contributed by atoms with Gasteiger partial charge in [-0.3, -0.25) is 9.67 Å². The van der Waals surface area contributed by atoms with Gasteiger partial charge in [-0.25, -0.2) is 18.7 Å². The molecular weight excluding hydrogens is 422 g/mol. The zero-order valence-electron chi connectivity index (χ0n) is 17.4. The van der Waals surface area contributed by atoms with E-state index in [0.717, 1.165) is 41.4 Å². The second-order valence-corrected chi connectivity index (χ2v) is 8.01. The Hall–Kier alpha value is -4.20. The lowest BCUT2D eigenvalue weighted by molar-refractivity contribution is 0.366. The van der Waals surface area contributed by atoms with Crippen molar-refractivity contribution in [3.8, 4) is 22.5 Å². The van der Waals surface area contributed by atoms with E-state index in [1.54, 1.807) is 24.7 Å². The molecule has 0 saturated carbocycles. The standard InChI is InChI=1S/C25H18F2N6/c26-18-5-6-20(22(27)12-18)16-4-7-23-21(11-16)25(31-24(30-23)17-3-1-8-28-13-17)32-14-19(15-32)33-10-2-9-29-33/h1-13,19H,14-15H2. The minimum Gasteiger partial charge on any atom is -0.352 e. The van der Waals surface area contributed by atoms with E-state index in [9.17, 15) is 8.78 Å². The summed E-state index contributed by atoms with van der Waals surface area (Å²) in [7, 11) is 0. The van der Waals surface area contributed by atoms with Gasteiger partial charge < -0.3 is 4.90 Å². The van der Waals surface area contributed by atoms with Crippen LogP contribution in [-0.2, 0) is 0 Å². The highest BCUT2D eigenvalue weighted by Gasteiger charge is 2.31. The fourth-order valence-corrected chi connectivity index (χ4v) is 4.16. The quantitative estimate of drug-likeness (QED) is 0.398. The molecule has 0 N–H and O–H groups in total. The Morgan fingerprint density at radius 2 is 1.79 bits per heavy atom. The van der Waals surface area contributed by atoms with E-state index in [-0.39, 0.29) is 6.04 Å². The lowest BCUT2D eigenvalue weighted by Gasteiger charge is -2.40. The first-order valence-electron chi connectivity index (χ1n) is 10.6. The van der Waals surface area contributed by atoms with Gasteiger partial charge in [0.05, 0.1) is 11.6 Å². The number of hydrogen-bond donors (Lipinski definition) is 0. The zero-order valence-corrected chi connectivity index (χ0v) is 17.4. The zero-order chi connectivity index (χ0) is 22.4. The van der Waals surface area contributed by atoms with Crippen LogP contribution in [0.5, 0.6) is 0 Å². The number of fused-ring (bicyclic) bond motifs is 1. The first-order valence-corrected chi connectivity index (χ1v) is 10.6. The van der Waals surface area contributed by atoms with E-state index in [1.165, 1.54) is 12.1 Å². The van der Waals surface area contributed by atoms with Crippen LogP contribution in [0.3, 0.4) is 0 Å². The number of benzene rings is 2. The molecular formula is C25H18F2N6. The minimum absolute atomic E-state index is 0.254. The Labute approximate surface area is 188 Å². The van der Waals surface area contributed by atoms with Crippen molar-refractivity contribution in [3.63, 3.8) is 0 Å². The van der Waals surface area contributed by atoms with Gasteiger partial charge >= 0.3 is 0 Å². The molecule has 0 amide bonds. The normalized spacial score (nSPS) is 13.9. The maximum Gasteiger partial charge on any atom is 0.163 e. The summed E-state index contributed by atoms with van der Waals surface area (Å²) >= 11 is 0. The highest BCUT2D eigenvalue weighted by Crippen LogP contribution is 2.35. The molecule has 4 heterocycles. The third kappa shape index (κ3) is 3.49. The molecule has 162 valence electrons. The molecule has 33 heavy (non-hydrogen) atoms. The molecule has 0 spiro atoms. The summed E-state index contributed by atoms with van der Waals surface area (Å²) in [6.45, 7) is 1.49. The summed E-state index contributed by atoms with van der Waals surface area (Å²) in [5.41, 5.74) is 2.54. The molecule has 5 aromatic rings. The van der Waals surface area contributed by atoms with Crippen LogP contribution in [0.15, 0.2) is 79.4 Å². The predicted octanol–water partition coefficient (Wildman–Crippen LogP) is 4.89. The lowest BCUT2D eigenvalue weighted by atomic mass is 10.0. The third-order valence-electron chi connectivity index (χ3n) is 5.90. The smallest absolute Gasteiger partial charge is 0.163 e. The summed E-state index contributed by atoms with van der Waals surface area (Å²) < 4.78 is 29.8. The number of halogens is 2. The summed E-state index contributed by atoms with van der Waals surface area (Å²) in [5, 5.41) is 5.15. The van der Waals surface area contributed by atoms with Gasteiger partial charge in [-0.15, -0.1) is 0 Å². The maximum atomic E-state index is 14.5. The Morgan fingerprint density at radius 3 is 2.55 bits per heavy atom. The molecule has 2 aromatic carbocycles. The van der Waals surface area contributed by atoms with Crippen molar-refractivity contribution in [2.24, 2.45) is 0 Å². The van der Waals surface area contributed by atoms with Crippen LogP contribution in [0, 0.1) is 11.6 Å². The topological polar surface area (TPSA) is 59.7 Å². The van der Waals surface area contributed by atoms with Gasteiger partial charge in [0, 0.05) is 60.5 Å². The van der Waals surface area contributed by atoms with Crippen molar-refractivity contribution in [2.75, 3.05) is 18.0 Å². The van der Waals surface area contributed by atoms with E-state index in [2.05, 4.69) is 15.0 Å². The Bertz CT molecular complexity index is 1450. The van der Waals surface area contributed by atoms with E-state index in [1.807, 2.05) is 41.2 Å². The average molecular weight is 440 g/mol. The molecule has 0 radical (unpaired) electrons. The van der Waals surface area contributed by atoms with Crippen molar-refractivity contribution >= 4 is 16.7 Å². The van der Waals surface area contributed by atoms with Gasteiger partial charge in [0.2, 0.25) is 0 Å². The second-order valence-electron chi connectivity index (χ2n) is 8.01. The van der Waals surface area contributed by atoms with Crippen LogP contribution in [0.1, 0.15) is 6.04 Å². The van der Waals surface area contributed by atoms with Crippen LogP contribution in [0.2, 0.25) is 0 Å². The van der Waals surface area contributed by atoms with Gasteiger partial charge in [0.1, 0.15) is 17.5 Å². The van der Waals surface area contributed by atoms with Gasteiger partial charge in [-0.2, -0.15) is 5.10 Å². The van der Waals surface area contributed by atoms with Gasteiger partial charge in [0.25, 0.3) is 0 Å². The first kappa shape index (κ1) is 19.5. The van der Waals surface area contributed by atoms with Gasteiger partial charge in [0.15, 0.2) is 5.82 Å². The summed E-state index contributed by atoms with van der Waals surface area (Å²) in [5.74, 6) is 0.138. The van der Waals surface area contributed by atoms with Crippen molar-refractivity contribution in [3.05, 3.63) is 91.0 Å². The second kappa shape index (κ2) is 7.74. The number of pyridine rings is 1. The fourth-order valence-electron chi connectivity index (χ4n) is 4.16. The number of nitrogens with zero attached hydrogens (tertiary/aromatic N) is 6. The molecule has 8 heteroatoms. The van der Waals surface area contributed by atoms with Crippen LogP contribution in [0.4, 0.5) is 14.6 Å². The van der Waals surface area contributed by atoms with E-state index >= 15 is 0 Å². The van der Waals surface area contributed by atoms with Crippen molar-refractivity contribution in [1.82, 2.24) is 24.7 Å². The van der Waals surface area contributed by atoms with Crippen LogP contribution < -0.4 is 4.90 Å². The Balaban J connectivity index is 1.47. The predicted molar refractivity (Wildman–Crippen MR) is 122 cm³/mol. The third-order valence-corrected chi connectivity index (χ3v) is 5.90. The van der Waals surface area contributed by atoms with Crippen molar-refractivity contribution < 1.29 is 8.78 Å².